The maximum Gasteiger partial charge on any atom is 0.330 e. The Morgan fingerprint density at radius 3 is 2.24 bits per heavy atom. The van der Waals surface area contributed by atoms with Crippen LogP contribution in [0, 0.1) is 5.82 Å². The molecule has 0 bridgehead atoms. The number of methoxy groups -OCH3 is 1. The zero-order chi connectivity index (χ0) is 12.8. The molecule has 0 unspecified atom stereocenters. The summed E-state index contributed by atoms with van der Waals surface area (Å²) in [4.78, 5) is 33.5. The van der Waals surface area contributed by atoms with Gasteiger partial charge in [0.1, 0.15) is 5.82 Å². The molecule has 0 spiro atoms. The van der Waals surface area contributed by atoms with Crippen LogP contribution in [0.1, 0.15) is 10.4 Å². The minimum absolute atomic E-state index is 0.0610. The molecule has 4 nitrogen and oxygen atoms in total. The number of esters is 1. The Labute approximate surface area is 96.7 Å². The molecule has 0 saturated carbocycles. The Morgan fingerprint density at radius 2 is 1.71 bits per heavy atom. The SMILES string of the molecule is COC(=O)/C=C/C(=O)C(=O)c1ccc(F)cc1. The van der Waals surface area contributed by atoms with E-state index in [9.17, 15) is 18.8 Å². The first-order chi connectivity index (χ1) is 8.04. The van der Waals surface area contributed by atoms with Crippen molar-refractivity contribution in [1.29, 1.82) is 0 Å². The fourth-order valence-electron chi connectivity index (χ4n) is 1.03. The number of Topliss-reactive ketones (excluding diaryl/α,β-unsaturated/α-hetero) is 1. The Hall–Kier alpha value is -2.30. The first-order valence-electron chi connectivity index (χ1n) is 4.65. The Bertz CT molecular complexity index is 474. The Balaban J connectivity index is 2.77. The third-order valence-electron chi connectivity index (χ3n) is 1.90. The molecule has 1 rings (SSSR count). The summed E-state index contributed by atoms with van der Waals surface area (Å²) in [5.74, 6) is -2.92. The van der Waals surface area contributed by atoms with Gasteiger partial charge in [0.25, 0.3) is 0 Å². The van der Waals surface area contributed by atoms with Gasteiger partial charge in [-0.3, -0.25) is 9.59 Å². The number of hydrogen-bond donors (Lipinski definition) is 0. The van der Waals surface area contributed by atoms with Gasteiger partial charge in [-0.1, -0.05) is 0 Å². The van der Waals surface area contributed by atoms with E-state index in [4.69, 9.17) is 0 Å². The normalized spacial score (nSPS) is 10.2. The summed E-state index contributed by atoms with van der Waals surface area (Å²) >= 11 is 0. The van der Waals surface area contributed by atoms with Crippen molar-refractivity contribution in [3.8, 4) is 0 Å². The molecular weight excluding hydrogens is 227 g/mol. The zero-order valence-electron chi connectivity index (χ0n) is 8.98. The first kappa shape index (κ1) is 12.8. The van der Waals surface area contributed by atoms with E-state index in [-0.39, 0.29) is 5.56 Å². The number of carbonyl (C=O) groups excluding carboxylic acids is 3. The van der Waals surface area contributed by atoms with Crippen LogP contribution >= 0.6 is 0 Å². The maximum atomic E-state index is 12.6. The molecular formula is C12H9FO4. The third kappa shape index (κ3) is 3.64. The van der Waals surface area contributed by atoms with Crippen molar-refractivity contribution >= 4 is 17.5 Å². The molecule has 0 aromatic heterocycles. The zero-order valence-corrected chi connectivity index (χ0v) is 8.98. The van der Waals surface area contributed by atoms with E-state index < -0.39 is 23.4 Å². The quantitative estimate of drug-likeness (QED) is 0.342. The van der Waals surface area contributed by atoms with Crippen LogP contribution in [0.25, 0.3) is 0 Å². The standard InChI is InChI=1S/C12H9FO4/c1-17-11(15)7-6-10(14)12(16)8-2-4-9(13)5-3-8/h2-7H,1H3/b7-6+. The molecule has 0 N–H and O–H groups in total. The summed E-state index contributed by atoms with van der Waals surface area (Å²) < 4.78 is 16.8. The van der Waals surface area contributed by atoms with Crippen LogP contribution in [0.3, 0.4) is 0 Å². The largest absolute Gasteiger partial charge is 0.466 e. The fraction of sp³-hybridized carbons (Fsp3) is 0.0833. The highest BCUT2D eigenvalue weighted by molar-refractivity contribution is 6.47. The van der Waals surface area contributed by atoms with Crippen molar-refractivity contribution in [1.82, 2.24) is 0 Å². The van der Waals surface area contributed by atoms with Gasteiger partial charge in [0.2, 0.25) is 11.6 Å². The molecule has 1 aromatic carbocycles. The van der Waals surface area contributed by atoms with Crippen molar-refractivity contribution in [3.63, 3.8) is 0 Å². The number of hydrogen-bond acceptors (Lipinski definition) is 4. The topological polar surface area (TPSA) is 60.4 Å². The van der Waals surface area contributed by atoms with Gasteiger partial charge in [-0.05, 0) is 30.3 Å². The molecule has 0 atom stereocenters. The lowest BCUT2D eigenvalue weighted by Gasteiger charge is -1.96. The molecule has 0 aliphatic heterocycles. The molecule has 0 heterocycles. The average molecular weight is 236 g/mol. The molecule has 88 valence electrons. The predicted molar refractivity (Wildman–Crippen MR) is 56.9 cm³/mol. The van der Waals surface area contributed by atoms with E-state index in [2.05, 4.69) is 4.74 Å². The molecule has 0 amide bonds. The predicted octanol–water partition coefficient (Wildman–Crippen LogP) is 1.31. The monoisotopic (exact) mass is 236 g/mol. The number of benzene rings is 1. The summed E-state index contributed by atoms with van der Waals surface area (Å²) in [6.07, 6.45) is 1.67. The minimum atomic E-state index is -0.873. The molecule has 17 heavy (non-hydrogen) atoms. The average Bonchev–Trinajstić information content (AvgIpc) is 2.35. The molecule has 0 aliphatic carbocycles. The van der Waals surface area contributed by atoms with Crippen LogP contribution in [-0.4, -0.2) is 24.6 Å². The van der Waals surface area contributed by atoms with Gasteiger partial charge in [-0.15, -0.1) is 0 Å². The van der Waals surface area contributed by atoms with E-state index in [0.717, 1.165) is 31.4 Å². The summed E-state index contributed by atoms with van der Waals surface area (Å²) in [7, 11) is 1.15. The van der Waals surface area contributed by atoms with Gasteiger partial charge < -0.3 is 4.74 Å². The highest BCUT2D eigenvalue weighted by Crippen LogP contribution is 2.04. The number of ketones is 2. The van der Waals surface area contributed by atoms with E-state index in [1.807, 2.05) is 0 Å². The highest BCUT2D eigenvalue weighted by atomic mass is 19.1. The van der Waals surface area contributed by atoms with Crippen molar-refractivity contribution in [3.05, 3.63) is 47.8 Å². The van der Waals surface area contributed by atoms with E-state index >= 15 is 0 Å². The molecule has 0 radical (unpaired) electrons. The first-order valence-corrected chi connectivity index (χ1v) is 4.65. The maximum absolute atomic E-state index is 12.6. The molecule has 1 aromatic rings. The van der Waals surface area contributed by atoms with Crippen molar-refractivity contribution < 1.29 is 23.5 Å². The highest BCUT2D eigenvalue weighted by Gasteiger charge is 2.13. The molecule has 0 saturated heterocycles. The van der Waals surface area contributed by atoms with Crippen molar-refractivity contribution in [2.75, 3.05) is 7.11 Å². The summed E-state index contributed by atoms with van der Waals surface area (Å²) in [5, 5.41) is 0. The van der Waals surface area contributed by atoms with E-state index in [1.54, 1.807) is 0 Å². The second-order valence-corrected chi connectivity index (χ2v) is 3.06. The lowest BCUT2D eigenvalue weighted by Crippen LogP contribution is -2.12. The Morgan fingerprint density at radius 1 is 1.12 bits per heavy atom. The summed E-state index contributed by atoms with van der Waals surface area (Å²) in [6, 6.07) is 4.54. The van der Waals surface area contributed by atoms with Crippen LogP contribution in [0.15, 0.2) is 36.4 Å². The van der Waals surface area contributed by atoms with Gasteiger partial charge in [0.15, 0.2) is 0 Å². The second kappa shape index (κ2) is 5.69. The van der Waals surface area contributed by atoms with Crippen LogP contribution in [0.4, 0.5) is 4.39 Å². The van der Waals surface area contributed by atoms with Gasteiger partial charge in [-0.2, -0.15) is 0 Å². The molecule has 0 fully saturated rings. The molecule has 5 heteroatoms. The second-order valence-electron chi connectivity index (χ2n) is 3.06. The van der Waals surface area contributed by atoms with E-state index in [0.29, 0.717) is 0 Å². The number of ether oxygens (including phenoxy) is 1. The lowest BCUT2D eigenvalue weighted by molar-refractivity contribution is -0.135. The van der Waals surface area contributed by atoms with Crippen LogP contribution < -0.4 is 0 Å². The van der Waals surface area contributed by atoms with E-state index in [1.165, 1.54) is 12.1 Å². The van der Waals surface area contributed by atoms with Crippen molar-refractivity contribution in [2.24, 2.45) is 0 Å². The van der Waals surface area contributed by atoms with Crippen LogP contribution in [0.5, 0.6) is 0 Å². The van der Waals surface area contributed by atoms with Crippen LogP contribution in [-0.2, 0) is 14.3 Å². The minimum Gasteiger partial charge on any atom is -0.466 e. The number of carbonyl (C=O) groups is 3. The molecule has 0 aliphatic rings. The van der Waals surface area contributed by atoms with Gasteiger partial charge >= 0.3 is 5.97 Å². The van der Waals surface area contributed by atoms with Gasteiger partial charge in [0, 0.05) is 11.6 Å². The lowest BCUT2D eigenvalue weighted by atomic mass is 10.1. The van der Waals surface area contributed by atoms with Gasteiger partial charge in [0.05, 0.1) is 7.11 Å². The fourth-order valence-corrected chi connectivity index (χ4v) is 1.03. The van der Waals surface area contributed by atoms with Crippen LogP contribution in [0.2, 0.25) is 0 Å². The third-order valence-corrected chi connectivity index (χ3v) is 1.90. The summed E-state index contributed by atoms with van der Waals surface area (Å²) in [6.45, 7) is 0. The number of rotatable bonds is 4. The Kier molecular flexibility index (Phi) is 4.28. The smallest absolute Gasteiger partial charge is 0.330 e. The number of halogens is 1. The number of allylic oxidation sites excluding steroid dienone is 1. The summed E-state index contributed by atoms with van der Waals surface area (Å²) in [5.41, 5.74) is 0.0610. The van der Waals surface area contributed by atoms with Crippen molar-refractivity contribution in [2.45, 2.75) is 0 Å². The van der Waals surface area contributed by atoms with Gasteiger partial charge in [-0.25, -0.2) is 9.18 Å².